The normalized spacial score (nSPS) is 15.6. The van der Waals surface area contributed by atoms with Gasteiger partial charge in [-0.3, -0.25) is 4.79 Å². The zero-order chi connectivity index (χ0) is 18.3. The van der Waals surface area contributed by atoms with E-state index in [4.69, 9.17) is 9.47 Å². The molecule has 0 unspecified atom stereocenters. The number of nitrogens with zero attached hydrogens (tertiary/aromatic N) is 2. The van der Waals surface area contributed by atoms with Gasteiger partial charge in [0, 0.05) is 45.3 Å². The fourth-order valence-electron chi connectivity index (χ4n) is 2.67. The molecule has 1 aromatic rings. The molecule has 0 spiro atoms. The van der Waals surface area contributed by atoms with Gasteiger partial charge in [0.25, 0.3) is 10.0 Å². The van der Waals surface area contributed by atoms with Gasteiger partial charge in [0.2, 0.25) is 5.91 Å². The second-order valence-corrected chi connectivity index (χ2v) is 9.21. The molecule has 25 heavy (non-hydrogen) atoms. The summed E-state index contributed by atoms with van der Waals surface area (Å²) >= 11 is 1.18. The maximum Gasteiger partial charge on any atom is 0.252 e. The number of hydrogen-bond donors (Lipinski definition) is 0. The van der Waals surface area contributed by atoms with Gasteiger partial charge in [0.05, 0.1) is 19.6 Å². The van der Waals surface area contributed by atoms with Gasteiger partial charge >= 0.3 is 0 Å². The first kappa shape index (κ1) is 20.3. The topological polar surface area (TPSA) is 76.1 Å². The quantitative estimate of drug-likeness (QED) is 0.600. The van der Waals surface area contributed by atoms with Crippen LogP contribution in [0.3, 0.4) is 0 Å². The minimum Gasteiger partial charge on any atom is -0.383 e. The summed E-state index contributed by atoms with van der Waals surface area (Å²) in [6, 6.07) is 3.34. The van der Waals surface area contributed by atoms with E-state index in [1.807, 2.05) is 0 Å². The monoisotopic (exact) mass is 390 g/mol. The SMILES string of the molecule is COCCN(CCOC)C(=O)Cc1ccc(S(=O)(=O)N2CCCC2)s1. The molecule has 1 saturated heterocycles. The minimum absolute atomic E-state index is 0.0546. The summed E-state index contributed by atoms with van der Waals surface area (Å²) in [5, 5.41) is 0. The Kier molecular flexibility index (Phi) is 7.82. The average molecular weight is 391 g/mol. The van der Waals surface area contributed by atoms with Crippen molar-refractivity contribution in [3.05, 3.63) is 17.0 Å². The Labute approximate surface area is 153 Å². The summed E-state index contributed by atoms with van der Waals surface area (Å²) in [5.41, 5.74) is 0. The van der Waals surface area contributed by atoms with Gasteiger partial charge in [-0.05, 0) is 25.0 Å². The number of methoxy groups -OCH3 is 2. The molecule has 0 aromatic carbocycles. The summed E-state index contributed by atoms with van der Waals surface area (Å²) < 4.78 is 37.0. The van der Waals surface area contributed by atoms with Crippen molar-refractivity contribution in [3.63, 3.8) is 0 Å². The molecule has 1 fully saturated rings. The lowest BCUT2D eigenvalue weighted by atomic mass is 10.3. The van der Waals surface area contributed by atoms with Crippen molar-refractivity contribution in [1.29, 1.82) is 0 Å². The maximum atomic E-state index is 12.6. The number of thiophene rings is 1. The van der Waals surface area contributed by atoms with Crippen LogP contribution in [-0.4, -0.2) is 77.1 Å². The number of amides is 1. The molecule has 1 aliphatic heterocycles. The van der Waals surface area contributed by atoms with Crippen LogP contribution in [0.25, 0.3) is 0 Å². The van der Waals surface area contributed by atoms with Crippen molar-refractivity contribution >= 4 is 27.3 Å². The van der Waals surface area contributed by atoms with Crippen molar-refractivity contribution in [2.75, 3.05) is 53.6 Å². The molecule has 0 atom stereocenters. The number of carbonyl (C=O) groups excluding carboxylic acids is 1. The zero-order valence-corrected chi connectivity index (χ0v) is 16.4. The van der Waals surface area contributed by atoms with Gasteiger partial charge in [-0.2, -0.15) is 4.31 Å². The predicted molar refractivity (Wildman–Crippen MR) is 96.3 cm³/mol. The van der Waals surface area contributed by atoms with Crippen molar-refractivity contribution in [2.24, 2.45) is 0 Å². The molecule has 0 radical (unpaired) electrons. The Morgan fingerprint density at radius 1 is 1.16 bits per heavy atom. The second-order valence-electron chi connectivity index (χ2n) is 5.88. The number of ether oxygens (including phenoxy) is 2. The van der Waals surface area contributed by atoms with Crippen LogP contribution in [0.1, 0.15) is 17.7 Å². The fraction of sp³-hybridized carbons (Fsp3) is 0.688. The summed E-state index contributed by atoms with van der Waals surface area (Å²) in [7, 11) is -0.233. The van der Waals surface area contributed by atoms with E-state index in [0.29, 0.717) is 43.6 Å². The molecule has 1 aliphatic rings. The van der Waals surface area contributed by atoms with Gasteiger partial charge in [0.1, 0.15) is 4.21 Å². The Morgan fingerprint density at radius 3 is 2.32 bits per heavy atom. The van der Waals surface area contributed by atoms with E-state index in [1.54, 1.807) is 31.3 Å². The molecule has 1 aromatic heterocycles. The molecule has 9 heteroatoms. The molecule has 2 rings (SSSR count). The Morgan fingerprint density at radius 2 is 1.76 bits per heavy atom. The molecular formula is C16H26N2O5S2. The number of sulfonamides is 1. The second kappa shape index (κ2) is 9.63. The van der Waals surface area contributed by atoms with E-state index >= 15 is 0 Å². The van der Waals surface area contributed by atoms with Crippen LogP contribution in [0.15, 0.2) is 16.3 Å². The lowest BCUT2D eigenvalue weighted by Gasteiger charge is -2.21. The molecule has 7 nitrogen and oxygen atoms in total. The Balaban J connectivity index is 2.02. The number of rotatable bonds is 10. The van der Waals surface area contributed by atoms with E-state index in [1.165, 1.54) is 15.6 Å². The molecule has 0 saturated carbocycles. The summed E-state index contributed by atoms with van der Waals surface area (Å²) in [6.07, 6.45) is 2.00. The van der Waals surface area contributed by atoms with Gasteiger partial charge in [-0.25, -0.2) is 8.42 Å². The molecular weight excluding hydrogens is 364 g/mol. The lowest BCUT2D eigenvalue weighted by Crippen LogP contribution is -2.37. The van der Waals surface area contributed by atoms with Crippen LogP contribution in [0.2, 0.25) is 0 Å². The van der Waals surface area contributed by atoms with Crippen molar-refractivity contribution in [1.82, 2.24) is 9.21 Å². The molecule has 2 heterocycles. The van der Waals surface area contributed by atoms with E-state index < -0.39 is 10.0 Å². The first-order valence-electron chi connectivity index (χ1n) is 8.33. The van der Waals surface area contributed by atoms with Crippen LogP contribution in [-0.2, 0) is 30.7 Å². The first-order valence-corrected chi connectivity index (χ1v) is 10.6. The molecule has 0 aliphatic carbocycles. The van der Waals surface area contributed by atoms with Crippen molar-refractivity contribution in [2.45, 2.75) is 23.5 Å². The highest BCUT2D eigenvalue weighted by Crippen LogP contribution is 2.27. The van der Waals surface area contributed by atoms with Crippen LogP contribution >= 0.6 is 11.3 Å². The molecule has 1 amide bonds. The van der Waals surface area contributed by atoms with Gasteiger partial charge in [-0.15, -0.1) is 11.3 Å². The van der Waals surface area contributed by atoms with Crippen LogP contribution in [0.4, 0.5) is 0 Å². The molecule has 0 bridgehead atoms. The Bertz CT molecular complexity index is 645. The standard InChI is InChI=1S/C16H26N2O5S2/c1-22-11-9-17(10-12-23-2)15(19)13-14-5-6-16(24-14)25(20,21)18-7-3-4-8-18/h5-6H,3-4,7-13H2,1-2H3. The van der Waals surface area contributed by atoms with Crippen LogP contribution < -0.4 is 0 Å². The molecule has 142 valence electrons. The third-order valence-corrected chi connectivity index (χ3v) is 7.56. The van der Waals surface area contributed by atoms with Crippen LogP contribution in [0, 0.1) is 0 Å². The van der Waals surface area contributed by atoms with Gasteiger partial charge in [-0.1, -0.05) is 0 Å². The highest BCUT2D eigenvalue weighted by molar-refractivity contribution is 7.91. The van der Waals surface area contributed by atoms with Gasteiger partial charge in [0.15, 0.2) is 0 Å². The highest BCUT2D eigenvalue weighted by atomic mass is 32.2. The number of carbonyl (C=O) groups is 1. The van der Waals surface area contributed by atoms with E-state index in [9.17, 15) is 13.2 Å². The summed E-state index contributed by atoms with van der Waals surface area (Å²) in [5.74, 6) is -0.0546. The van der Waals surface area contributed by atoms with E-state index in [-0.39, 0.29) is 12.3 Å². The van der Waals surface area contributed by atoms with E-state index in [0.717, 1.165) is 17.7 Å². The van der Waals surface area contributed by atoms with Crippen molar-refractivity contribution in [3.8, 4) is 0 Å². The highest BCUT2D eigenvalue weighted by Gasteiger charge is 2.28. The largest absolute Gasteiger partial charge is 0.383 e. The van der Waals surface area contributed by atoms with Crippen LogP contribution in [0.5, 0.6) is 0 Å². The third-order valence-electron chi connectivity index (χ3n) is 4.11. The fourth-order valence-corrected chi connectivity index (χ4v) is 5.69. The first-order chi connectivity index (χ1) is 12.0. The van der Waals surface area contributed by atoms with Gasteiger partial charge < -0.3 is 14.4 Å². The lowest BCUT2D eigenvalue weighted by molar-refractivity contribution is -0.131. The summed E-state index contributed by atoms with van der Waals surface area (Å²) in [4.78, 5) is 14.9. The smallest absolute Gasteiger partial charge is 0.252 e. The van der Waals surface area contributed by atoms with Crippen molar-refractivity contribution < 1.29 is 22.7 Å². The van der Waals surface area contributed by atoms with E-state index in [2.05, 4.69) is 0 Å². The maximum absolute atomic E-state index is 12.6. The zero-order valence-electron chi connectivity index (χ0n) is 14.8. The third kappa shape index (κ3) is 5.49. The predicted octanol–water partition coefficient (Wildman–Crippen LogP) is 1.20. The molecule has 0 N–H and O–H groups in total. The Hall–Kier alpha value is -1.00. The average Bonchev–Trinajstić information content (AvgIpc) is 3.27. The summed E-state index contributed by atoms with van der Waals surface area (Å²) in [6.45, 7) is 3.04. The number of hydrogen-bond acceptors (Lipinski definition) is 6. The minimum atomic E-state index is -3.42.